The van der Waals surface area contributed by atoms with E-state index in [2.05, 4.69) is 9.84 Å². The van der Waals surface area contributed by atoms with Crippen LogP contribution in [0.1, 0.15) is 48.0 Å². The minimum atomic E-state index is -3.14. The maximum atomic E-state index is 12.5. The molecule has 0 aromatic carbocycles. The van der Waals surface area contributed by atoms with E-state index in [0.717, 1.165) is 0 Å². The Morgan fingerprint density at radius 3 is 2.04 bits per heavy atom. The summed E-state index contributed by atoms with van der Waals surface area (Å²) in [6, 6.07) is -1.52. The number of hydrogen-bond donors (Lipinski definition) is 3. The first-order chi connectivity index (χ1) is 11.1. The molecule has 1 unspecified atom stereocenters. The van der Waals surface area contributed by atoms with E-state index in [4.69, 9.17) is 14.7 Å². The van der Waals surface area contributed by atoms with Crippen molar-refractivity contribution in [1.29, 1.82) is 0 Å². The fraction of sp³-hybridized carbons (Fsp3) is 0.667. The lowest BCUT2D eigenvalue weighted by atomic mass is 9.94. The zero-order chi connectivity index (χ0) is 20.0. The summed E-state index contributed by atoms with van der Waals surface area (Å²) >= 11 is 0. The van der Waals surface area contributed by atoms with Crippen molar-refractivity contribution in [2.75, 3.05) is 0 Å². The van der Waals surface area contributed by atoms with Crippen molar-refractivity contribution in [2.24, 2.45) is 5.41 Å². The highest BCUT2D eigenvalue weighted by Gasteiger charge is 2.34. The molecule has 0 aliphatic rings. The van der Waals surface area contributed by atoms with E-state index in [0.29, 0.717) is 0 Å². The van der Waals surface area contributed by atoms with Gasteiger partial charge in [-0.15, -0.1) is 4.89 Å². The van der Waals surface area contributed by atoms with Gasteiger partial charge in [-0.25, -0.2) is 9.32 Å². The molecule has 0 bridgehead atoms. The van der Waals surface area contributed by atoms with E-state index in [1.54, 1.807) is 41.5 Å². The molecule has 0 fully saturated rings. The SMILES string of the molecule is CC(C)(C)C=C(O[P+](=O)O)C(=O)[C@H](CC(=O)O)NC(=O)OC(C)(C)C. The van der Waals surface area contributed by atoms with Gasteiger partial charge >= 0.3 is 20.3 Å². The summed E-state index contributed by atoms with van der Waals surface area (Å²) in [5.74, 6) is -2.79. The second kappa shape index (κ2) is 8.92. The Bertz CT molecular complexity index is 571. The molecule has 0 radical (unpaired) electrons. The molecule has 10 heteroatoms. The first kappa shape index (κ1) is 23.0. The van der Waals surface area contributed by atoms with Gasteiger partial charge in [0.1, 0.15) is 11.6 Å². The number of rotatable bonds is 7. The average molecular weight is 378 g/mol. The quantitative estimate of drug-likeness (QED) is 0.349. The van der Waals surface area contributed by atoms with Gasteiger partial charge in [0.05, 0.1) is 6.42 Å². The van der Waals surface area contributed by atoms with Crippen LogP contribution in [0.2, 0.25) is 0 Å². The Balaban J connectivity index is 5.56. The standard InChI is InChI=1S/C15H24NO8P/c1-14(2,3)8-10(24-25(21)22)12(19)9(7-11(17)18)16-13(20)23-15(4,5)6/h8-9H,7H2,1-6H3,(H2-,16,17,18,20,21,22)/p+1/t9-/m0/s1. The molecule has 0 aliphatic carbocycles. The molecular weight excluding hydrogens is 353 g/mol. The predicted octanol–water partition coefficient (Wildman–Crippen LogP) is 2.52. The number of ether oxygens (including phenoxy) is 1. The highest BCUT2D eigenvalue weighted by Crippen LogP contribution is 2.27. The molecular formula is C15H25NO8P+. The smallest absolute Gasteiger partial charge is 0.481 e. The maximum Gasteiger partial charge on any atom is 0.747 e. The van der Waals surface area contributed by atoms with Gasteiger partial charge < -0.3 is 15.2 Å². The highest BCUT2D eigenvalue weighted by molar-refractivity contribution is 7.32. The highest BCUT2D eigenvalue weighted by atomic mass is 31.1. The molecule has 0 heterocycles. The van der Waals surface area contributed by atoms with Crippen LogP contribution in [0.4, 0.5) is 4.79 Å². The lowest BCUT2D eigenvalue weighted by Gasteiger charge is -2.22. The van der Waals surface area contributed by atoms with Crippen LogP contribution in [0.3, 0.4) is 0 Å². The fourth-order valence-electron chi connectivity index (χ4n) is 1.63. The van der Waals surface area contributed by atoms with Crippen LogP contribution in [0, 0.1) is 5.41 Å². The number of nitrogens with one attached hydrogen (secondary N) is 1. The second-order valence-corrected chi connectivity index (χ2v) is 8.02. The van der Waals surface area contributed by atoms with E-state index < -0.39 is 55.3 Å². The molecule has 9 nitrogen and oxygen atoms in total. The molecule has 25 heavy (non-hydrogen) atoms. The Morgan fingerprint density at radius 2 is 1.68 bits per heavy atom. The number of alkyl carbamates (subject to hydrolysis) is 1. The minimum Gasteiger partial charge on any atom is -0.481 e. The topological polar surface area (TPSA) is 139 Å². The van der Waals surface area contributed by atoms with Crippen LogP contribution >= 0.6 is 8.25 Å². The summed E-state index contributed by atoms with van der Waals surface area (Å²) in [4.78, 5) is 44.3. The fourth-order valence-corrected chi connectivity index (χ4v) is 1.94. The largest absolute Gasteiger partial charge is 0.747 e. The Kier molecular flexibility index (Phi) is 8.21. The maximum absolute atomic E-state index is 12.5. The number of amides is 1. The van der Waals surface area contributed by atoms with Crippen molar-refractivity contribution < 1.29 is 38.2 Å². The molecule has 3 N–H and O–H groups in total. The molecule has 0 aromatic rings. The van der Waals surface area contributed by atoms with Gasteiger partial charge in [-0.05, 0) is 32.3 Å². The van der Waals surface area contributed by atoms with E-state index in [1.165, 1.54) is 6.08 Å². The predicted molar refractivity (Wildman–Crippen MR) is 88.9 cm³/mol. The summed E-state index contributed by atoms with van der Waals surface area (Å²) in [6.07, 6.45) is -0.453. The average Bonchev–Trinajstić information content (AvgIpc) is 2.30. The summed E-state index contributed by atoms with van der Waals surface area (Å²) in [5, 5.41) is 11.1. The lowest BCUT2D eigenvalue weighted by molar-refractivity contribution is -0.139. The molecule has 0 spiro atoms. The van der Waals surface area contributed by atoms with Crippen LogP contribution in [0.15, 0.2) is 11.8 Å². The Hall–Kier alpha value is -1.99. The number of allylic oxidation sites excluding steroid dienone is 1. The lowest BCUT2D eigenvalue weighted by Crippen LogP contribution is -2.45. The van der Waals surface area contributed by atoms with Crippen molar-refractivity contribution in [2.45, 2.75) is 59.6 Å². The van der Waals surface area contributed by atoms with Crippen molar-refractivity contribution in [3.63, 3.8) is 0 Å². The number of Topliss-reactive ketones (excluding diaryl/α,β-unsaturated/α-hetero) is 1. The zero-order valence-electron chi connectivity index (χ0n) is 15.2. The molecule has 0 aromatic heterocycles. The second-order valence-electron chi connectivity index (χ2n) is 7.36. The van der Waals surface area contributed by atoms with Gasteiger partial charge in [0.2, 0.25) is 11.5 Å². The Morgan fingerprint density at radius 1 is 1.16 bits per heavy atom. The number of aliphatic carboxylic acids is 1. The van der Waals surface area contributed by atoms with Gasteiger partial charge in [-0.2, -0.15) is 0 Å². The summed E-state index contributed by atoms with van der Waals surface area (Å²) in [6.45, 7) is 9.94. The van der Waals surface area contributed by atoms with Crippen LogP contribution < -0.4 is 5.32 Å². The summed E-state index contributed by atoms with van der Waals surface area (Å²) in [5.41, 5.74) is -1.45. The van der Waals surface area contributed by atoms with Crippen molar-refractivity contribution in [3.05, 3.63) is 11.8 Å². The molecule has 0 aliphatic heterocycles. The number of ketones is 1. The number of carboxylic acids is 1. The van der Waals surface area contributed by atoms with E-state index in [1.807, 2.05) is 0 Å². The van der Waals surface area contributed by atoms with E-state index in [-0.39, 0.29) is 0 Å². The summed E-state index contributed by atoms with van der Waals surface area (Å²) in [7, 11) is -3.14. The van der Waals surface area contributed by atoms with Gasteiger partial charge in [0, 0.05) is 4.57 Å². The number of carbonyl (C=O) groups is 3. The monoisotopic (exact) mass is 378 g/mol. The number of carbonyl (C=O) groups excluding carboxylic acids is 2. The normalized spacial score (nSPS) is 14.4. The first-order valence-corrected chi connectivity index (χ1v) is 8.56. The molecule has 1 amide bonds. The molecule has 2 atom stereocenters. The van der Waals surface area contributed by atoms with Crippen LogP contribution in [-0.4, -0.2) is 39.5 Å². The third kappa shape index (κ3) is 11.2. The number of carboxylic acid groups (broad SMARTS) is 1. The summed E-state index contributed by atoms with van der Waals surface area (Å²) < 4.78 is 20.6. The van der Waals surface area contributed by atoms with Crippen molar-refractivity contribution >= 4 is 26.1 Å². The van der Waals surface area contributed by atoms with Gasteiger partial charge in [-0.3, -0.25) is 9.59 Å². The first-order valence-electron chi connectivity index (χ1n) is 7.43. The van der Waals surface area contributed by atoms with Crippen molar-refractivity contribution in [1.82, 2.24) is 5.32 Å². The van der Waals surface area contributed by atoms with Gasteiger partial charge in [-0.1, -0.05) is 20.8 Å². The third-order valence-corrected chi connectivity index (χ3v) is 2.72. The third-order valence-electron chi connectivity index (χ3n) is 2.37. The van der Waals surface area contributed by atoms with Crippen molar-refractivity contribution in [3.8, 4) is 0 Å². The number of hydrogen-bond acceptors (Lipinski definition) is 6. The van der Waals surface area contributed by atoms with Crippen LogP contribution in [-0.2, 0) is 23.4 Å². The van der Waals surface area contributed by atoms with E-state index in [9.17, 15) is 18.9 Å². The minimum absolute atomic E-state index is 0.501. The zero-order valence-corrected chi connectivity index (χ0v) is 16.0. The molecule has 0 rings (SSSR count). The van der Waals surface area contributed by atoms with Gasteiger partial charge in [0.15, 0.2) is 0 Å². The van der Waals surface area contributed by atoms with Crippen LogP contribution in [0.25, 0.3) is 0 Å². The van der Waals surface area contributed by atoms with Crippen LogP contribution in [0.5, 0.6) is 0 Å². The Labute approximate surface area is 147 Å². The van der Waals surface area contributed by atoms with Gasteiger partial charge in [0.25, 0.3) is 0 Å². The van der Waals surface area contributed by atoms with E-state index >= 15 is 0 Å². The molecule has 0 saturated carbocycles. The molecule has 142 valence electrons. The molecule has 0 saturated heterocycles.